The van der Waals surface area contributed by atoms with Crippen molar-refractivity contribution in [3.05, 3.63) is 59.3 Å². The molecule has 0 fully saturated rings. The van der Waals surface area contributed by atoms with Crippen molar-refractivity contribution in [2.24, 2.45) is 0 Å². The molecular weight excluding hydrogens is 412 g/mol. The van der Waals surface area contributed by atoms with Crippen LogP contribution >= 0.6 is 11.3 Å². The summed E-state index contributed by atoms with van der Waals surface area (Å²) in [7, 11) is 1.65. The van der Waals surface area contributed by atoms with E-state index >= 15 is 0 Å². The van der Waals surface area contributed by atoms with E-state index in [-0.39, 0.29) is 11.8 Å². The number of fused-ring (bicyclic) bond motifs is 2. The highest BCUT2D eigenvalue weighted by Gasteiger charge is 2.33. The summed E-state index contributed by atoms with van der Waals surface area (Å²) in [5.74, 6) is 2.20. The second-order valence-corrected chi connectivity index (χ2v) is 8.41. The number of hydrogen-bond acceptors (Lipinski definition) is 6. The number of thiazole rings is 1. The molecule has 1 atom stereocenters. The van der Waals surface area contributed by atoms with Crippen LogP contribution in [0, 0.1) is 6.92 Å². The van der Waals surface area contributed by atoms with Crippen LogP contribution in [0.2, 0.25) is 0 Å². The maximum absolute atomic E-state index is 12.6. The van der Waals surface area contributed by atoms with Gasteiger partial charge in [-0.15, -0.1) is 0 Å². The van der Waals surface area contributed by atoms with Gasteiger partial charge < -0.3 is 14.8 Å². The molecule has 2 aromatic carbocycles. The lowest BCUT2D eigenvalue weighted by Crippen LogP contribution is -2.24. The SMILES string of the molecule is CCOc1ccc([C@@H]2CC(=O)Nc3c2c(C)nn3-c2nc3ccc(OC)cc3s2)cc1. The number of hydrogen-bond donors (Lipinski definition) is 1. The first-order valence-electron chi connectivity index (χ1n) is 10.1. The first-order chi connectivity index (χ1) is 15.1. The molecule has 5 rings (SSSR count). The van der Waals surface area contributed by atoms with Crippen LogP contribution in [-0.4, -0.2) is 34.4 Å². The fourth-order valence-electron chi connectivity index (χ4n) is 4.04. The van der Waals surface area contributed by atoms with Gasteiger partial charge in [0.1, 0.15) is 17.3 Å². The van der Waals surface area contributed by atoms with Gasteiger partial charge in [-0.3, -0.25) is 4.79 Å². The van der Waals surface area contributed by atoms with Gasteiger partial charge in [0.2, 0.25) is 11.0 Å². The molecule has 0 radical (unpaired) electrons. The lowest BCUT2D eigenvalue weighted by Gasteiger charge is -2.24. The van der Waals surface area contributed by atoms with Gasteiger partial charge in [-0.05, 0) is 49.7 Å². The van der Waals surface area contributed by atoms with Crippen molar-refractivity contribution < 1.29 is 14.3 Å². The van der Waals surface area contributed by atoms with E-state index in [2.05, 4.69) is 5.32 Å². The lowest BCUT2D eigenvalue weighted by molar-refractivity contribution is -0.116. The van der Waals surface area contributed by atoms with Gasteiger partial charge in [-0.1, -0.05) is 23.5 Å². The van der Waals surface area contributed by atoms with Crippen LogP contribution in [0.25, 0.3) is 15.3 Å². The number of nitrogens with one attached hydrogen (secondary N) is 1. The first-order valence-corrected chi connectivity index (χ1v) is 11.0. The topological polar surface area (TPSA) is 78.3 Å². The largest absolute Gasteiger partial charge is 0.497 e. The summed E-state index contributed by atoms with van der Waals surface area (Å²) in [5, 5.41) is 8.48. The minimum Gasteiger partial charge on any atom is -0.497 e. The van der Waals surface area contributed by atoms with Crippen LogP contribution < -0.4 is 14.8 Å². The fourth-order valence-corrected chi connectivity index (χ4v) is 5.00. The Labute approximate surface area is 183 Å². The van der Waals surface area contributed by atoms with Gasteiger partial charge in [0.25, 0.3) is 0 Å². The van der Waals surface area contributed by atoms with Gasteiger partial charge in [-0.25, -0.2) is 4.98 Å². The van der Waals surface area contributed by atoms with Crippen LogP contribution in [0.1, 0.15) is 36.1 Å². The smallest absolute Gasteiger partial charge is 0.226 e. The number of nitrogens with zero attached hydrogens (tertiary/aromatic N) is 3. The van der Waals surface area contributed by atoms with Crippen molar-refractivity contribution in [3.63, 3.8) is 0 Å². The quantitative estimate of drug-likeness (QED) is 0.494. The number of methoxy groups -OCH3 is 1. The van der Waals surface area contributed by atoms with Crippen LogP contribution in [0.4, 0.5) is 5.82 Å². The second-order valence-electron chi connectivity index (χ2n) is 7.40. The number of aromatic nitrogens is 3. The molecule has 31 heavy (non-hydrogen) atoms. The van der Waals surface area contributed by atoms with Crippen molar-refractivity contribution in [1.82, 2.24) is 14.8 Å². The van der Waals surface area contributed by atoms with E-state index < -0.39 is 0 Å². The Kier molecular flexibility index (Phi) is 4.86. The molecule has 7 nitrogen and oxygen atoms in total. The predicted octanol–water partition coefficient (Wildman–Crippen LogP) is 4.67. The molecule has 0 bridgehead atoms. The van der Waals surface area contributed by atoms with E-state index in [9.17, 15) is 4.79 Å². The van der Waals surface area contributed by atoms with Crippen molar-refractivity contribution in [3.8, 4) is 16.6 Å². The standard InChI is InChI=1S/C23H22N4O3S/c1-4-30-15-7-5-14(6-8-15)17-12-20(28)25-22-21(17)13(2)26-27(22)23-24-18-10-9-16(29-3)11-19(18)31-23/h5-11,17H,4,12H2,1-3H3,(H,25,28)/t17-/m0/s1. The highest BCUT2D eigenvalue weighted by Crippen LogP contribution is 2.41. The molecule has 158 valence electrons. The van der Waals surface area contributed by atoms with Crippen molar-refractivity contribution in [2.45, 2.75) is 26.2 Å². The summed E-state index contributed by atoms with van der Waals surface area (Å²) in [4.78, 5) is 17.3. The molecule has 1 N–H and O–H groups in total. The van der Waals surface area contributed by atoms with Crippen LogP contribution in [0.3, 0.4) is 0 Å². The minimum atomic E-state index is -0.0670. The lowest BCUT2D eigenvalue weighted by atomic mass is 9.86. The molecule has 0 saturated heterocycles. The zero-order chi connectivity index (χ0) is 21.5. The first kappa shape index (κ1) is 19.6. The molecule has 0 aliphatic carbocycles. The Morgan fingerprint density at radius 3 is 2.71 bits per heavy atom. The average molecular weight is 435 g/mol. The summed E-state index contributed by atoms with van der Waals surface area (Å²) in [6, 6.07) is 13.7. The van der Waals surface area contributed by atoms with E-state index in [1.165, 1.54) is 11.3 Å². The molecule has 8 heteroatoms. The number of ether oxygens (including phenoxy) is 2. The number of rotatable bonds is 5. The maximum Gasteiger partial charge on any atom is 0.226 e. The van der Waals surface area contributed by atoms with Crippen molar-refractivity contribution >= 4 is 33.3 Å². The van der Waals surface area contributed by atoms with Crippen LogP contribution in [0.5, 0.6) is 11.5 Å². The third-order valence-corrected chi connectivity index (χ3v) is 6.46. The van der Waals surface area contributed by atoms with E-state index in [1.807, 2.05) is 56.3 Å². The maximum atomic E-state index is 12.6. The summed E-state index contributed by atoms with van der Waals surface area (Å²) in [6.07, 6.45) is 0.380. The number of carbonyl (C=O) groups excluding carboxylic acids is 1. The fraction of sp³-hybridized carbons (Fsp3) is 0.261. The van der Waals surface area contributed by atoms with Gasteiger partial charge in [0, 0.05) is 17.9 Å². The van der Waals surface area contributed by atoms with Crippen molar-refractivity contribution in [1.29, 1.82) is 0 Å². The molecule has 0 spiro atoms. The van der Waals surface area contributed by atoms with Gasteiger partial charge in [0.15, 0.2) is 0 Å². The monoisotopic (exact) mass is 434 g/mol. The zero-order valence-corrected chi connectivity index (χ0v) is 18.3. The molecule has 0 unspecified atom stereocenters. The Morgan fingerprint density at radius 2 is 1.97 bits per heavy atom. The summed E-state index contributed by atoms with van der Waals surface area (Å²) >= 11 is 1.51. The zero-order valence-electron chi connectivity index (χ0n) is 17.5. The number of aryl methyl sites for hydroxylation is 1. The molecule has 3 heterocycles. The van der Waals surface area contributed by atoms with E-state index in [0.29, 0.717) is 24.0 Å². The second kappa shape index (κ2) is 7.70. The Balaban J connectivity index is 1.59. The Morgan fingerprint density at radius 1 is 1.19 bits per heavy atom. The third-order valence-electron chi connectivity index (χ3n) is 5.46. The number of anilines is 1. The summed E-state index contributed by atoms with van der Waals surface area (Å²) < 4.78 is 13.6. The number of carbonyl (C=O) groups is 1. The van der Waals surface area contributed by atoms with Gasteiger partial charge in [0.05, 0.1) is 29.6 Å². The Bertz CT molecular complexity index is 1280. The van der Waals surface area contributed by atoms with Gasteiger partial charge in [-0.2, -0.15) is 9.78 Å². The molecule has 1 amide bonds. The molecule has 1 aliphatic rings. The predicted molar refractivity (Wildman–Crippen MR) is 121 cm³/mol. The average Bonchev–Trinajstić information content (AvgIpc) is 3.34. The molecule has 0 saturated carbocycles. The van der Waals surface area contributed by atoms with Crippen LogP contribution in [0.15, 0.2) is 42.5 Å². The molecule has 1 aliphatic heterocycles. The molecule has 4 aromatic rings. The van der Waals surface area contributed by atoms with E-state index in [1.54, 1.807) is 11.8 Å². The Hall–Kier alpha value is -3.39. The summed E-state index contributed by atoms with van der Waals surface area (Å²) in [5.41, 5.74) is 3.84. The van der Waals surface area contributed by atoms with Gasteiger partial charge >= 0.3 is 0 Å². The minimum absolute atomic E-state index is 0.0321. The highest BCUT2D eigenvalue weighted by molar-refractivity contribution is 7.20. The normalized spacial score (nSPS) is 15.6. The van der Waals surface area contributed by atoms with Crippen molar-refractivity contribution in [2.75, 3.05) is 19.0 Å². The van der Waals surface area contributed by atoms with Crippen LogP contribution in [-0.2, 0) is 4.79 Å². The number of amides is 1. The number of benzene rings is 2. The molecule has 2 aromatic heterocycles. The van der Waals surface area contributed by atoms with E-state index in [4.69, 9.17) is 19.6 Å². The third kappa shape index (κ3) is 3.42. The molecular formula is C23H22N4O3S. The van der Waals surface area contributed by atoms with E-state index in [0.717, 1.165) is 38.5 Å². The highest BCUT2D eigenvalue weighted by atomic mass is 32.1. The summed E-state index contributed by atoms with van der Waals surface area (Å²) in [6.45, 7) is 4.56.